The van der Waals surface area contributed by atoms with Crippen molar-refractivity contribution in [2.24, 2.45) is 5.73 Å². The Hall–Kier alpha value is -2.28. The molecule has 0 unspecified atom stereocenters. The van der Waals surface area contributed by atoms with E-state index in [1.807, 2.05) is 48.5 Å². The first-order chi connectivity index (χ1) is 10.3. The van der Waals surface area contributed by atoms with Crippen molar-refractivity contribution >= 4 is 0 Å². The molecule has 0 saturated heterocycles. The van der Waals surface area contributed by atoms with Crippen LogP contribution in [0.2, 0.25) is 0 Å². The van der Waals surface area contributed by atoms with Crippen LogP contribution in [0.15, 0.2) is 48.5 Å². The molecule has 0 atom stereocenters. The number of methoxy groups -OCH3 is 1. The summed E-state index contributed by atoms with van der Waals surface area (Å²) in [5, 5.41) is 0. The van der Waals surface area contributed by atoms with Gasteiger partial charge in [0.15, 0.2) is 0 Å². The van der Waals surface area contributed by atoms with E-state index in [2.05, 4.69) is 11.8 Å². The Morgan fingerprint density at radius 1 is 1.05 bits per heavy atom. The maximum absolute atomic E-state index is 5.77. The molecular formula is C18H19NO2. The molecule has 0 heterocycles. The Kier molecular flexibility index (Phi) is 5.83. The van der Waals surface area contributed by atoms with Gasteiger partial charge in [-0.25, -0.2) is 0 Å². The third-order valence-electron chi connectivity index (χ3n) is 3.01. The standard InChI is InChI=1S/C18H19NO2/c1-20-18-10-9-16(8-5-11-19)17(12-18)14-21-13-15-6-3-2-4-7-15/h2-4,6-7,9-10,12H,11,13-14,19H2,1H3. The first-order valence-electron chi connectivity index (χ1n) is 6.81. The van der Waals surface area contributed by atoms with Gasteiger partial charge in [0.1, 0.15) is 5.75 Å². The van der Waals surface area contributed by atoms with Crippen molar-refractivity contribution in [1.82, 2.24) is 0 Å². The van der Waals surface area contributed by atoms with Crippen LogP contribution < -0.4 is 10.5 Å². The summed E-state index contributed by atoms with van der Waals surface area (Å²) in [5.74, 6) is 6.73. The first kappa shape index (κ1) is 15.1. The largest absolute Gasteiger partial charge is 0.497 e. The van der Waals surface area contributed by atoms with Gasteiger partial charge in [0.25, 0.3) is 0 Å². The zero-order valence-electron chi connectivity index (χ0n) is 12.1. The number of ether oxygens (including phenoxy) is 2. The number of benzene rings is 2. The average Bonchev–Trinajstić information content (AvgIpc) is 2.54. The molecule has 2 aromatic carbocycles. The van der Waals surface area contributed by atoms with Gasteiger partial charge < -0.3 is 15.2 Å². The molecule has 2 N–H and O–H groups in total. The summed E-state index contributed by atoms with van der Waals surface area (Å²) in [4.78, 5) is 0. The molecule has 0 aliphatic rings. The minimum Gasteiger partial charge on any atom is -0.497 e. The SMILES string of the molecule is COc1ccc(C#CCN)c(COCc2ccccc2)c1. The minimum atomic E-state index is 0.344. The molecule has 21 heavy (non-hydrogen) atoms. The molecule has 0 amide bonds. The van der Waals surface area contributed by atoms with Crippen LogP contribution >= 0.6 is 0 Å². The minimum absolute atomic E-state index is 0.344. The van der Waals surface area contributed by atoms with Gasteiger partial charge >= 0.3 is 0 Å². The van der Waals surface area contributed by atoms with Gasteiger partial charge in [0.05, 0.1) is 26.9 Å². The summed E-state index contributed by atoms with van der Waals surface area (Å²) >= 11 is 0. The number of hydrogen-bond acceptors (Lipinski definition) is 3. The third-order valence-corrected chi connectivity index (χ3v) is 3.01. The molecule has 0 radical (unpaired) electrons. The maximum atomic E-state index is 5.77. The van der Waals surface area contributed by atoms with Gasteiger partial charge in [-0.15, -0.1) is 0 Å². The van der Waals surface area contributed by atoms with E-state index in [4.69, 9.17) is 15.2 Å². The van der Waals surface area contributed by atoms with Crippen LogP contribution in [0.1, 0.15) is 16.7 Å². The summed E-state index contributed by atoms with van der Waals surface area (Å²) in [6, 6.07) is 15.9. The lowest BCUT2D eigenvalue weighted by atomic mass is 10.1. The van der Waals surface area contributed by atoms with E-state index in [1.165, 1.54) is 0 Å². The zero-order valence-corrected chi connectivity index (χ0v) is 12.1. The predicted octanol–water partition coefficient (Wildman–Crippen LogP) is 2.72. The fourth-order valence-electron chi connectivity index (χ4n) is 1.94. The molecule has 0 bridgehead atoms. The van der Waals surface area contributed by atoms with Crippen LogP contribution in [0, 0.1) is 11.8 Å². The zero-order chi connectivity index (χ0) is 14.9. The van der Waals surface area contributed by atoms with Crippen LogP contribution in [-0.2, 0) is 18.0 Å². The molecule has 3 heteroatoms. The van der Waals surface area contributed by atoms with E-state index in [9.17, 15) is 0 Å². The van der Waals surface area contributed by atoms with Gasteiger partial charge in [-0.1, -0.05) is 42.2 Å². The summed E-state index contributed by atoms with van der Waals surface area (Å²) in [6.07, 6.45) is 0. The summed E-state index contributed by atoms with van der Waals surface area (Å²) in [5.41, 5.74) is 8.51. The number of nitrogens with two attached hydrogens (primary N) is 1. The van der Waals surface area contributed by atoms with Gasteiger partial charge in [-0.05, 0) is 29.3 Å². The molecule has 2 rings (SSSR count). The Labute approximate surface area is 125 Å². The van der Waals surface area contributed by atoms with Crippen molar-refractivity contribution in [2.75, 3.05) is 13.7 Å². The summed E-state index contributed by atoms with van der Waals surface area (Å²) < 4.78 is 11.0. The highest BCUT2D eigenvalue weighted by atomic mass is 16.5. The molecule has 0 aromatic heterocycles. The molecule has 0 aliphatic heterocycles. The van der Waals surface area contributed by atoms with Crippen molar-refractivity contribution in [1.29, 1.82) is 0 Å². The molecule has 2 aromatic rings. The predicted molar refractivity (Wildman–Crippen MR) is 83.9 cm³/mol. The molecule has 0 saturated carbocycles. The van der Waals surface area contributed by atoms with Crippen LogP contribution in [-0.4, -0.2) is 13.7 Å². The van der Waals surface area contributed by atoms with Crippen LogP contribution in [0.25, 0.3) is 0 Å². The van der Waals surface area contributed by atoms with E-state index >= 15 is 0 Å². The topological polar surface area (TPSA) is 44.5 Å². The van der Waals surface area contributed by atoms with Crippen LogP contribution in [0.3, 0.4) is 0 Å². The molecule has 0 aliphatic carbocycles. The second-order valence-corrected chi connectivity index (χ2v) is 4.51. The highest BCUT2D eigenvalue weighted by Crippen LogP contribution is 2.18. The quantitative estimate of drug-likeness (QED) is 0.857. The third kappa shape index (κ3) is 4.64. The lowest BCUT2D eigenvalue weighted by Crippen LogP contribution is -1.99. The van der Waals surface area contributed by atoms with Gasteiger partial charge in [0.2, 0.25) is 0 Å². The van der Waals surface area contributed by atoms with Crippen molar-refractivity contribution in [2.45, 2.75) is 13.2 Å². The Balaban J connectivity index is 2.06. The fraction of sp³-hybridized carbons (Fsp3) is 0.222. The summed E-state index contributed by atoms with van der Waals surface area (Å²) in [6.45, 7) is 1.40. The molecule has 3 nitrogen and oxygen atoms in total. The number of hydrogen-bond donors (Lipinski definition) is 1. The second kappa shape index (κ2) is 8.11. The van der Waals surface area contributed by atoms with Crippen molar-refractivity contribution in [3.63, 3.8) is 0 Å². The van der Waals surface area contributed by atoms with E-state index in [1.54, 1.807) is 7.11 Å². The van der Waals surface area contributed by atoms with E-state index in [0.29, 0.717) is 19.8 Å². The molecule has 0 fully saturated rings. The summed E-state index contributed by atoms with van der Waals surface area (Å²) in [7, 11) is 1.65. The normalized spacial score (nSPS) is 9.81. The van der Waals surface area contributed by atoms with Crippen molar-refractivity contribution < 1.29 is 9.47 Å². The second-order valence-electron chi connectivity index (χ2n) is 4.51. The number of rotatable bonds is 5. The van der Waals surface area contributed by atoms with Crippen LogP contribution in [0.5, 0.6) is 5.75 Å². The Morgan fingerprint density at radius 2 is 1.86 bits per heavy atom. The van der Waals surface area contributed by atoms with Gasteiger partial charge in [0, 0.05) is 5.56 Å². The fourth-order valence-corrected chi connectivity index (χ4v) is 1.94. The van der Waals surface area contributed by atoms with Crippen molar-refractivity contribution in [3.05, 3.63) is 65.2 Å². The molecule has 0 spiro atoms. The highest BCUT2D eigenvalue weighted by molar-refractivity contribution is 5.45. The molecular weight excluding hydrogens is 262 g/mol. The van der Waals surface area contributed by atoms with E-state index < -0.39 is 0 Å². The first-order valence-corrected chi connectivity index (χ1v) is 6.81. The maximum Gasteiger partial charge on any atom is 0.119 e. The van der Waals surface area contributed by atoms with Gasteiger partial charge in [-0.3, -0.25) is 0 Å². The molecule has 108 valence electrons. The van der Waals surface area contributed by atoms with E-state index in [0.717, 1.165) is 22.4 Å². The highest BCUT2D eigenvalue weighted by Gasteiger charge is 2.03. The van der Waals surface area contributed by atoms with Crippen LogP contribution in [0.4, 0.5) is 0 Å². The smallest absolute Gasteiger partial charge is 0.119 e. The lowest BCUT2D eigenvalue weighted by Gasteiger charge is -2.09. The Morgan fingerprint density at radius 3 is 2.57 bits per heavy atom. The van der Waals surface area contributed by atoms with Gasteiger partial charge in [-0.2, -0.15) is 0 Å². The van der Waals surface area contributed by atoms with Crippen molar-refractivity contribution in [3.8, 4) is 17.6 Å². The monoisotopic (exact) mass is 281 g/mol. The Bertz CT molecular complexity index is 627. The lowest BCUT2D eigenvalue weighted by molar-refractivity contribution is 0.107. The average molecular weight is 281 g/mol. The van der Waals surface area contributed by atoms with E-state index in [-0.39, 0.29) is 0 Å².